The number of halogens is 1. The molecule has 120 valence electrons. The van der Waals surface area contributed by atoms with Crippen molar-refractivity contribution >= 4 is 5.91 Å². The van der Waals surface area contributed by atoms with Gasteiger partial charge in [-0.05, 0) is 24.5 Å². The number of aliphatic hydroxyl groups excluding tert-OH is 1. The number of hydrogen-bond acceptors (Lipinski definition) is 3. The van der Waals surface area contributed by atoms with Gasteiger partial charge in [0.15, 0.2) is 0 Å². The van der Waals surface area contributed by atoms with Gasteiger partial charge in [0.1, 0.15) is 11.4 Å². The third kappa shape index (κ3) is 3.01. The van der Waals surface area contributed by atoms with E-state index in [0.717, 1.165) is 19.3 Å². The van der Waals surface area contributed by atoms with E-state index in [1.807, 2.05) is 0 Å². The van der Waals surface area contributed by atoms with Gasteiger partial charge >= 0.3 is 0 Å². The normalized spacial score (nSPS) is 25.8. The van der Waals surface area contributed by atoms with Crippen molar-refractivity contribution in [2.24, 2.45) is 5.92 Å². The highest BCUT2D eigenvalue weighted by Crippen LogP contribution is 2.31. The standard InChI is InChI=1S/C17H22FNO3/c18-15-7-2-1-4-14(15)10-17(12-20)11-19(8-9-22-17)16(21)13-5-3-6-13/h1-2,4,7,13,20H,3,5-6,8-12H2. The molecule has 3 rings (SSSR count). The van der Waals surface area contributed by atoms with Crippen LogP contribution in [-0.2, 0) is 16.0 Å². The summed E-state index contributed by atoms with van der Waals surface area (Å²) < 4.78 is 19.7. The van der Waals surface area contributed by atoms with Crippen molar-refractivity contribution in [2.75, 3.05) is 26.3 Å². The number of aliphatic hydroxyl groups is 1. The summed E-state index contributed by atoms with van der Waals surface area (Å²) in [5, 5.41) is 9.82. The average molecular weight is 307 g/mol. The van der Waals surface area contributed by atoms with Crippen molar-refractivity contribution in [1.29, 1.82) is 0 Å². The van der Waals surface area contributed by atoms with Crippen molar-refractivity contribution in [1.82, 2.24) is 4.90 Å². The van der Waals surface area contributed by atoms with Crippen LogP contribution in [0, 0.1) is 11.7 Å². The molecule has 2 aliphatic rings. The summed E-state index contributed by atoms with van der Waals surface area (Å²) in [5.41, 5.74) is -0.394. The van der Waals surface area contributed by atoms with E-state index < -0.39 is 5.60 Å². The highest BCUT2D eigenvalue weighted by Gasteiger charge is 2.40. The van der Waals surface area contributed by atoms with Crippen molar-refractivity contribution in [3.8, 4) is 0 Å². The summed E-state index contributed by atoms with van der Waals surface area (Å²) in [5.74, 6) is -0.0229. The topological polar surface area (TPSA) is 49.8 Å². The van der Waals surface area contributed by atoms with Crippen molar-refractivity contribution < 1.29 is 19.0 Å². The SMILES string of the molecule is O=C(C1CCC1)N1CCOC(CO)(Cc2ccccc2F)C1. The Morgan fingerprint density at radius 3 is 2.82 bits per heavy atom. The van der Waals surface area contributed by atoms with E-state index >= 15 is 0 Å². The lowest BCUT2D eigenvalue weighted by Gasteiger charge is -2.43. The van der Waals surface area contributed by atoms with E-state index in [2.05, 4.69) is 0 Å². The molecular weight excluding hydrogens is 285 g/mol. The Hall–Kier alpha value is -1.46. The maximum Gasteiger partial charge on any atom is 0.225 e. The van der Waals surface area contributed by atoms with Gasteiger partial charge in [-0.15, -0.1) is 0 Å². The van der Waals surface area contributed by atoms with E-state index in [1.54, 1.807) is 23.1 Å². The number of carbonyl (C=O) groups excluding carboxylic acids is 1. The smallest absolute Gasteiger partial charge is 0.225 e. The second kappa shape index (κ2) is 6.34. The highest BCUT2D eigenvalue weighted by molar-refractivity contribution is 5.79. The van der Waals surface area contributed by atoms with E-state index in [0.29, 0.717) is 25.3 Å². The molecule has 22 heavy (non-hydrogen) atoms. The molecule has 1 aliphatic heterocycles. The van der Waals surface area contributed by atoms with E-state index in [9.17, 15) is 14.3 Å². The Morgan fingerprint density at radius 2 is 2.18 bits per heavy atom. The lowest BCUT2D eigenvalue weighted by Crippen LogP contribution is -2.58. The van der Waals surface area contributed by atoms with Crippen molar-refractivity contribution in [2.45, 2.75) is 31.3 Å². The molecule has 1 unspecified atom stereocenters. The number of ether oxygens (including phenoxy) is 1. The molecule has 2 fully saturated rings. The van der Waals surface area contributed by atoms with Crippen LogP contribution < -0.4 is 0 Å². The largest absolute Gasteiger partial charge is 0.393 e. The molecule has 0 aromatic heterocycles. The van der Waals surface area contributed by atoms with E-state index in [4.69, 9.17) is 4.74 Å². The molecule has 1 aromatic rings. The van der Waals surface area contributed by atoms with Gasteiger partial charge in [-0.3, -0.25) is 4.79 Å². The third-order valence-electron chi connectivity index (χ3n) is 4.77. The van der Waals surface area contributed by atoms with Crippen LogP contribution in [-0.4, -0.2) is 47.8 Å². The first-order valence-electron chi connectivity index (χ1n) is 7.90. The van der Waals surface area contributed by atoms with Gasteiger partial charge in [-0.1, -0.05) is 24.6 Å². The minimum absolute atomic E-state index is 0.128. The molecule has 0 spiro atoms. The molecule has 1 N–H and O–H groups in total. The van der Waals surface area contributed by atoms with Gasteiger partial charge in [0, 0.05) is 18.9 Å². The fraction of sp³-hybridized carbons (Fsp3) is 0.588. The number of amides is 1. The Balaban J connectivity index is 1.74. The molecule has 4 nitrogen and oxygen atoms in total. The predicted octanol–water partition coefficient (Wildman–Crippen LogP) is 1.76. The lowest BCUT2D eigenvalue weighted by molar-refractivity contribution is -0.163. The monoisotopic (exact) mass is 307 g/mol. The number of hydrogen-bond donors (Lipinski definition) is 1. The summed E-state index contributed by atoms with van der Waals surface area (Å²) in [6.45, 7) is 1.03. The summed E-state index contributed by atoms with van der Waals surface area (Å²) in [7, 11) is 0. The van der Waals surface area contributed by atoms with Gasteiger partial charge in [0.05, 0.1) is 19.8 Å². The van der Waals surface area contributed by atoms with Gasteiger partial charge in [-0.25, -0.2) is 4.39 Å². The summed E-state index contributed by atoms with van der Waals surface area (Å²) in [6.07, 6.45) is 3.29. The Kier molecular flexibility index (Phi) is 4.45. The number of morpholine rings is 1. The fourth-order valence-corrected chi connectivity index (χ4v) is 3.19. The molecule has 1 aliphatic carbocycles. The maximum atomic E-state index is 13.9. The number of carbonyl (C=O) groups is 1. The van der Waals surface area contributed by atoms with Gasteiger partial charge in [0.25, 0.3) is 0 Å². The molecule has 1 atom stereocenters. The van der Waals surface area contributed by atoms with Crippen molar-refractivity contribution in [3.05, 3.63) is 35.6 Å². The van der Waals surface area contributed by atoms with Gasteiger partial charge < -0.3 is 14.7 Å². The molecule has 1 saturated carbocycles. The fourth-order valence-electron chi connectivity index (χ4n) is 3.19. The van der Waals surface area contributed by atoms with Crippen molar-refractivity contribution in [3.63, 3.8) is 0 Å². The maximum absolute atomic E-state index is 13.9. The van der Waals surface area contributed by atoms with Crippen LogP contribution in [0.25, 0.3) is 0 Å². The molecule has 5 heteroatoms. The zero-order valence-electron chi connectivity index (χ0n) is 12.6. The molecule has 1 aromatic carbocycles. The first kappa shape index (κ1) is 15.4. The summed E-state index contributed by atoms with van der Waals surface area (Å²) in [6, 6.07) is 6.51. The summed E-state index contributed by atoms with van der Waals surface area (Å²) in [4.78, 5) is 14.2. The summed E-state index contributed by atoms with van der Waals surface area (Å²) >= 11 is 0. The first-order chi connectivity index (χ1) is 10.6. The Labute approximate surface area is 129 Å². The van der Waals surface area contributed by atoms with Gasteiger partial charge in [0.2, 0.25) is 5.91 Å². The molecular formula is C17H22FNO3. The quantitative estimate of drug-likeness (QED) is 0.922. The molecule has 0 radical (unpaired) electrons. The second-order valence-electron chi connectivity index (χ2n) is 6.35. The number of benzene rings is 1. The van der Waals surface area contributed by atoms with Crippen LogP contribution in [0.4, 0.5) is 4.39 Å². The van der Waals surface area contributed by atoms with E-state index in [1.165, 1.54) is 6.07 Å². The van der Waals surface area contributed by atoms with Crippen LogP contribution in [0.15, 0.2) is 24.3 Å². The Morgan fingerprint density at radius 1 is 1.41 bits per heavy atom. The zero-order valence-corrected chi connectivity index (χ0v) is 12.6. The number of rotatable bonds is 4. The van der Waals surface area contributed by atoms with Gasteiger partial charge in [-0.2, -0.15) is 0 Å². The Bertz CT molecular complexity index is 546. The van der Waals surface area contributed by atoms with Crippen LogP contribution in [0.3, 0.4) is 0 Å². The number of nitrogens with zero attached hydrogens (tertiary/aromatic N) is 1. The molecule has 1 amide bonds. The van der Waals surface area contributed by atoms with Crippen LogP contribution in [0.2, 0.25) is 0 Å². The van der Waals surface area contributed by atoms with E-state index in [-0.39, 0.29) is 30.7 Å². The predicted molar refractivity (Wildman–Crippen MR) is 79.8 cm³/mol. The minimum Gasteiger partial charge on any atom is -0.393 e. The zero-order chi connectivity index (χ0) is 15.6. The minimum atomic E-state index is -0.903. The third-order valence-corrected chi connectivity index (χ3v) is 4.77. The molecule has 1 saturated heterocycles. The average Bonchev–Trinajstić information content (AvgIpc) is 2.48. The highest BCUT2D eigenvalue weighted by atomic mass is 19.1. The van der Waals surface area contributed by atoms with Crippen LogP contribution in [0.1, 0.15) is 24.8 Å². The van der Waals surface area contributed by atoms with Crippen LogP contribution >= 0.6 is 0 Å². The lowest BCUT2D eigenvalue weighted by atomic mass is 9.83. The van der Waals surface area contributed by atoms with Crippen LogP contribution in [0.5, 0.6) is 0 Å². The first-order valence-corrected chi connectivity index (χ1v) is 7.90. The second-order valence-corrected chi connectivity index (χ2v) is 6.35. The molecule has 0 bridgehead atoms. The molecule has 1 heterocycles.